The van der Waals surface area contributed by atoms with Crippen molar-refractivity contribution in [2.24, 2.45) is 11.3 Å². The summed E-state index contributed by atoms with van der Waals surface area (Å²) in [5, 5.41) is 0. The zero-order valence-electron chi connectivity index (χ0n) is 18.5. The fraction of sp³-hybridized carbons (Fsp3) is 0.458. The van der Waals surface area contributed by atoms with Crippen molar-refractivity contribution in [1.29, 1.82) is 0 Å². The molecular weight excluding hydrogens is 408 g/mol. The lowest BCUT2D eigenvalue weighted by molar-refractivity contribution is -0.139. The molecule has 0 bridgehead atoms. The highest BCUT2D eigenvalue weighted by atomic mass is 16.6. The molecule has 4 heterocycles. The summed E-state index contributed by atoms with van der Waals surface area (Å²) in [6.45, 7) is 4.28. The van der Waals surface area contributed by atoms with E-state index >= 15 is 0 Å². The molecule has 0 unspecified atom stereocenters. The molecule has 8 heteroatoms. The van der Waals surface area contributed by atoms with Crippen LogP contribution in [0.4, 0.5) is 0 Å². The highest BCUT2D eigenvalue weighted by Crippen LogP contribution is 2.45. The van der Waals surface area contributed by atoms with Crippen LogP contribution in [-0.4, -0.2) is 85.0 Å². The molecule has 2 fully saturated rings. The second-order valence-electron chi connectivity index (χ2n) is 9.12. The number of carbonyl (C=O) groups excluding carboxylic acids is 2. The SMILES string of the molecule is CN(C)C(=O)[C@@]12CN(Cc3ccc4c(c3)OCCO4)C[C@@H]1CN(C(=O)c1ccncc1)C2. The molecule has 32 heavy (non-hydrogen) atoms. The van der Waals surface area contributed by atoms with Crippen molar-refractivity contribution in [3.63, 3.8) is 0 Å². The standard InChI is InChI=1S/C24H28N4O4/c1-26(2)23(30)24-15-27(12-17-3-4-20-21(11-17)32-10-9-31-20)13-19(24)14-28(16-24)22(29)18-5-7-25-8-6-18/h3-8,11,19H,9-10,12-16H2,1-2H3/t19-,24-/m1/s1. The quantitative estimate of drug-likeness (QED) is 0.724. The topological polar surface area (TPSA) is 75.2 Å². The molecule has 2 aromatic rings. The molecule has 0 N–H and O–H groups in total. The minimum Gasteiger partial charge on any atom is -0.486 e. The van der Waals surface area contributed by atoms with Crippen LogP contribution >= 0.6 is 0 Å². The summed E-state index contributed by atoms with van der Waals surface area (Å²) in [6.07, 6.45) is 3.25. The van der Waals surface area contributed by atoms with E-state index < -0.39 is 5.41 Å². The first-order chi connectivity index (χ1) is 15.5. The lowest BCUT2D eigenvalue weighted by atomic mass is 9.80. The molecule has 1 aromatic heterocycles. The highest BCUT2D eigenvalue weighted by Gasteiger charge is 2.58. The molecule has 168 valence electrons. The summed E-state index contributed by atoms with van der Waals surface area (Å²) in [5.74, 6) is 1.72. The van der Waals surface area contributed by atoms with Crippen LogP contribution in [0.5, 0.6) is 11.5 Å². The number of hydrogen-bond acceptors (Lipinski definition) is 6. The minimum absolute atomic E-state index is 0.0360. The van der Waals surface area contributed by atoms with Gasteiger partial charge in [0.25, 0.3) is 5.91 Å². The third kappa shape index (κ3) is 3.58. The Hall–Kier alpha value is -3.13. The van der Waals surface area contributed by atoms with E-state index in [1.54, 1.807) is 43.5 Å². The van der Waals surface area contributed by atoms with Gasteiger partial charge >= 0.3 is 0 Å². The van der Waals surface area contributed by atoms with Gasteiger partial charge in [-0.3, -0.25) is 19.5 Å². The van der Waals surface area contributed by atoms with E-state index in [0.717, 1.165) is 30.2 Å². The monoisotopic (exact) mass is 436 g/mol. The maximum Gasteiger partial charge on any atom is 0.254 e. The van der Waals surface area contributed by atoms with Crippen LogP contribution in [0, 0.1) is 11.3 Å². The number of nitrogens with zero attached hydrogens (tertiary/aromatic N) is 4. The second-order valence-corrected chi connectivity index (χ2v) is 9.12. The van der Waals surface area contributed by atoms with Gasteiger partial charge < -0.3 is 19.3 Å². The van der Waals surface area contributed by atoms with Gasteiger partial charge in [0.15, 0.2) is 11.5 Å². The number of fused-ring (bicyclic) bond motifs is 2. The molecule has 0 spiro atoms. The average molecular weight is 437 g/mol. The van der Waals surface area contributed by atoms with Gasteiger partial charge in [-0.2, -0.15) is 0 Å². The average Bonchev–Trinajstić information content (AvgIpc) is 3.33. The van der Waals surface area contributed by atoms with Gasteiger partial charge in [-0.15, -0.1) is 0 Å². The van der Waals surface area contributed by atoms with Gasteiger partial charge in [-0.25, -0.2) is 0 Å². The lowest BCUT2D eigenvalue weighted by Gasteiger charge is -2.31. The normalized spacial score (nSPS) is 24.3. The largest absolute Gasteiger partial charge is 0.486 e. The molecule has 2 atom stereocenters. The predicted octanol–water partition coefficient (Wildman–Crippen LogP) is 1.52. The number of amides is 2. The molecule has 2 amide bonds. The molecule has 0 aliphatic carbocycles. The zero-order chi connectivity index (χ0) is 22.3. The van der Waals surface area contributed by atoms with Crippen LogP contribution in [0.2, 0.25) is 0 Å². The van der Waals surface area contributed by atoms with E-state index in [0.29, 0.717) is 38.4 Å². The number of hydrogen-bond donors (Lipinski definition) is 0. The summed E-state index contributed by atoms with van der Waals surface area (Å²) < 4.78 is 11.3. The van der Waals surface area contributed by atoms with E-state index in [-0.39, 0.29) is 17.7 Å². The maximum atomic E-state index is 13.4. The van der Waals surface area contributed by atoms with Crippen molar-refractivity contribution in [3.05, 3.63) is 53.9 Å². The van der Waals surface area contributed by atoms with Crippen LogP contribution in [0.3, 0.4) is 0 Å². The Labute approximate surface area is 187 Å². The lowest BCUT2D eigenvalue weighted by Crippen LogP contribution is -2.47. The minimum atomic E-state index is -0.583. The van der Waals surface area contributed by atoms with Crippen molar-refractivity contribution in [2.75, 3.05) is 53.5 Å². The van der Waals surface area contributed by atoms with Gasteiger partial charge in [0.05, 0.1) is 5.41 Å². The smallest absolute Gasteiger partial charge is 0.254 e. The zero-order valence-corrected chi connectivity index (χ0v) is 18.5. The molecule has 0 radical (unpaired) electrons. The van der Waals surface area contributed by atoms with Crippen molar-refractivity contribution in [2.45, 2.75) is 6.54 Å². The number of carbonyl (C=O) groups is 2. The van der Waals surface area contributed by atoms with Gasteiger partial charge in [-0.1, -0.05) is 6.07 Å². The highest BCUT2D eigenvalue weighted by molar-refractivity contribution is 5.95. The number of likely N-dealkylation sites (tertiary alicyclic amines) is 2. The third-order valence-electron chi connectivity index (χ3n) is 6.74. The number of rotatable bonds is 4. The van der Waals surface area contributed by atoms with Crippen LogP contribution < -0.4 is 9.47 Å². The van der Waals surface area contributed by atoms with E-state index in [9.17, 15) is 9.59 Å². The van der Waals surface area contributed by atoms with E-state index in [4.69, 9.17) is 9.47 Å². The van der Waals surface area contributed by atoms with Gasteiger partial charge in [0.2, 0.25) is 5.91 Å². The molecule has 0 saturated carbocycles. The van der Waals surface area contributed by atoms with Crippen molar-refractivity contribution in [3.8, 4) is 11.5 Å². The van der Waals surface area contributed by atoms with Crippen molar-refractivity contribution in [1.82, 2.24) is 19.7 Å². The number of benzene rings is 1. The molecule has 3 aliphatic heterocycles. The molecule has 8 nitrogen and oxygen atoms in total. The Bertz CT molecular complexity index is 1030. The summed E-state index contributed by atoms with van der Waals surface area (Å²) in [7, 11) is 3.59. The molecule has 5 rings (SSSR count). The Morgan fingerprint density at radius 3 is 2.56 bits per heavy atom. The third-order valence-corrected chi connectivity index (χ3v) is 6.74. The first kappa shape index (κ1) is 20.8. The summed E-state index contributed by atoms with van der Waals surface area (Å²) in [4.78, 5) is 36.2. The number of aromatic nitrogens is 1. The van der Waals surface area contributed by atoms with Crippen LogP contribution in [0.1, 0.15) is 15.9 Å². The van der Waals surface area contributed by atoms with E-state index in [1.165, 1.54) is 0 Å². The van der Waals surface area contributed by atoms with Gasteiger partial charge in [0, 0.05) is 70.7 Å². The Kier molecular flexibility index (Phi) is 5.25. The number of ether oxygens (including phenoxy) is 2. The Balaban J connectivity index is 1.34. The van der Waals surface area contributed by atoms with Crippen LogP contribution in [0.15, 0.2) is 42.7 Å². The van der Waals surface area contributed by atoms with Gasteiger partial charge in [-0.05, 0) is 29.8 Å². The van der Waals surface area contributed by atoms with Crippen LogP contribution in [-0.2, 0) is 11.3 Å². The van der Waals surface area contributed by atoms with E-state index in [2.05, 4.69) is 16.0 Å². The molecule has 1 aromatic carbocycles. The maximum absolute atomic E-state index is 13.4. The fourth-order valence-electron chi connectivity index (χ4n) is 5.31. The summed E-state index contributed by atoms with van der Waals surface area (Å²) in [6, 6.07) is 9.50. The van der Waals surface area contributed by atoms with Gasteiger partial charge in [0.1, 0.15) is 13.2 Å². The number of pyridine rings is 1. The molecular formula is C24H28N4O4. The molecule has 2 saturated heterocycles. The Morgan fingerprint density at radius 1 is 1.06 bits per heavy atom. The van der Waals surface area contributed by atoms with Crippen LogP contribution in [0.25, 0.3) is 0 Å². The second kappa shape index (κ2) is 8.09. The molecule has 3 aliphatic rings. The van der Waals surface area contributed by atoms with E-state index in [1.807, 2.05) is 17.0 Å². The van der Waals surface area contributed by atoms with Crippen molar-refractivity contribution >= 4 is 11.8 Å². The first-order valence-electron chi connectivity index (χ1n) is 11.0. The summed E-state index contributed by atoms with van der Waals surface area (Å²) in [5.41, 5.74) is 1.16. The predicted molar refractivity (Wildman–Crippen MR) is 117 cm³/mol. The fourth-order valence-corrected chi connectivity index (χ4v) is 5.31. The summed E-state index contributed by atoms with van der Waals surface area (Å²) >= 11 is 0. The van der Waals surface area contributed by atoms with Crippen molar-refractivity contribution < 1.29 is 19.1 Å². The Morgan fingerprint density at radius 2 is 1.81 bits per heavy atom. The first-order valence-corrected chi connectivity index (χ1v) is 11.0.